The molecule has 1 aliphatic heterocycles. The fourth-order valence-electron chi connectivity index (χ4n) is 3.40. The van der Waals surface area contributed by atoms with Crippen molar-refractivity contribution in [3.8, 4) is 0 Å². The molecule has 0 saturated carbocycles. The van der Waals surface area contributed by atoms with Crippen molar-refractivity contribution in [2.24, 2.45) is 0 Å². The van der Waals surface area contributed by atoms with Crippen molar-refractivity contribution in [3.05, 3.63) is 35.4 Å². The summed E-state index contributed by atoms with van der Waals surface area (Å²) in [7, 11) is 6.49. The molecule has 1 N–H and O–H groups in total. The predicted molar refractivity (Wildman–Crippen MR) is 90.7 cm³/mol. The Morgan fingerprint density at radius 1 is 1.24 bits per heavy atom. The summed E-state index contributed by atoms with van der Waals surface area (Å²) in [6.07, 6.45) is 3.80. The first-order chi connectivity index (χ1) is 10.1. The second kappa shape index (κ2) is 7.92. The van der Waals surface area contributed by atoms with Crippen molar-refractivity contribution in [2.75, 3.05) is 40.8 Å². The molecular formula is C18H31N3. The first-order valence-corrected chi connectivity index (χ1v) is 8.23. The SMILES string of the molecule is CNC(CCN1CCC(N(C)C)CC1)c1ccccc1C. The third-order valence-corrected chi connectivity index (χ3v) is 4.93. The lowest BCUT2D eigenvalue weighted by Crippen LogP contribution is -2.42. The maximum atomic E-state index is 3.49. The molecule has 1 aromatic carbocycles. The number of aryl methyl sites for hydroxylation is 1. The van der Waals surface area contributed by atoms with E-state index in [0.29, 0.717) is 6.04 Å². The van der Waals surface area contributed by atoms with Crippen molar-refractivity contribution in [2.45, 2.75) is 38.3 Å². The summed E-state index contributed by atoms with van der Waals surface area (Å²) in [5.74, 6) is 0. The van der Waals surface area contributed by atoms with Crippen LogP contribution in [0.5, 0.6) is 0 Å². The van der Waals surface area contributed by atoms with Gasteiger partial charge in [-0.15, -0.1) is 0 Å². The monoisotopic (exact) mass is 289 g/mol. The summed E-state index contributed by atoms with van der Waals surface area (Å²) in [6.45, 7) is 5.89. The van der Waals surface area contributed by atoms with Gasteiger partial charge in [0.15, 0.2) is 0 Å². The second-order valence-electron chi connectivity index (χ2n) is 6.52. The van der Waals surface area contributed by atoms with Gasteiger partial charge in [0.25, 0.3) is 0 Å². The van der Waals surface area contributed by atoms with Crippen molar-refractivity contribution < 1.29 is 0 Å². The molecule has 1 aliphatic rings. The third-order valence-electron chi connectivity index (χ3n) is 4.93. The molecule has 1 heterocycles. The Morgan fingerprint density at radius 2 is 1.90 bits per heavy atom. The van der Waals surface area contributed by atoms with Gasteiger partial charge < -0.3 is 15.1 Å². The van der Waals surface area contributed by atoms with E-state index < -0.39 is 0 Å². The standard InChI is InChI=1S/C18H31N3/c1-15-7-5-6-8-17(15)18(19-2)11-14-21-12-9-16(10-13-21)20(3)4/h5-8,16,18-19H,9-14H2,1-4H3. The Balaban J connectivity index is 1.83. The van der Waals surface area contributed by atoms with E-state index in [4.69, 9.17) is 0 Å². The van der Waals surface area contributed by atoms with Crippen LogP contribution < -0.4 is 5.32 Å². The Labute approximate surface area is 130 Å². The number of rotatable bonds is 6. The smallest absolute Gasteiger partial charge is 0.0332 e. The minimum atomic E-state index is 0.470. The lowest BCUT2D eigenvalue weighted by molar-refractivity contribution is 0.141. The van der Waals surface area contributed by atoms with Crippen LogP contribution in [-0.2, 0) is 0 Å². The average molecular weight is 289 g/mol. The summed E-state index contributed by atoms with van der Waals surface area (Å²) in [6, 6.07) is 9.99. The van der Waals surface area contributed by atoms with Gasteiger partial charge in [-0.3, -0.25) is 0 Å². The summed E-state index contributed by atoms with van der Waals surface area (Å²) in [5, 5.41) is 3.49. The Hall–Kier alpha value is -0.900. The number of nitrogens with zero attached hydrogens (tertiary/aromatic N) is 2. The molecular weight excluding hydrogens is 258 g/mol. The van der Waals surface area contributed by atoms with Crippen LogP contribution in [0.4, 0.5) is 0 Å². The summed E-state index contributed by atoms with van der Waals surface area (Å²) in [4.78, 5) is 5.00. The Kier molecular flexibility index (Phi) is 6.22. The highest BCUT2D eigenvalue weighted by molar-refractivity contribution is 5.28. The maximum Gasteiger partial charge on any atom is 0.0332 e. The predicted octanol–water partition coefficient (Wildman–Crippen LogP) is 2.67. The molecule has 0 radical (unpaired) electrons. The van der Waals surface area contributed by atoms with E-state index in [0.717, 1.165) is 6.04 Å². The lowest BCUT2D eigenvalue weighted by Gasteiger charge is -2.35. The van der Waals surface area contributed by atoms with E-state index >= 15 is 0 Å². The topological polar surface area (TPSA) is 18.5 Å². The number of piperidine rings is 1. The highest BCUT2D eigenvalue weighted by atomic mass is 15.2. The van der Waals surface area contributed by atoms with Gasteiger partial charge in [-0.1, -0.05) is 24.3 Å². The fraction of sp³-hybridized carbons (Fsp3) is 0.667. The van der Waals surface area contributed by atoms with Crippen molar-refractivity contribution in [3.63, 3.8) is 0 Å². The van der Waals surface area contributed by atoms with E-state index in [1.807, 2.05) is 0 Å². The van der Waals surface area contributed by atoms with Crippen LogP contribution in [0.1, 0.15) is 36.4 Å². The Morgan fingerprint density at radius 3 is 2.48 bits per heavy atom. The largest absolute Gasteiger partial charge is 0.313 e. The molecule has 0 aliphatic carbocycles. The molecule has 21 heavy (non-hydrogen) atoms. The van der Waals surface area contributed by atoms with E-state index in [1.165, 1.54) is 50.0 Å². The molecule has 2 rings (SSSR count). The van der Waals surface area contributed by atoms with Gasteiger partial charge in [0, 0.05) is 12.1 Å². The van der Waals surface area contributed by atoms with Gasteiger partial charge in [-0.2, -0.15) is 0 Å². The van der Waals surface area contributed by atoms with E-state index in [1.54, 1.807) is 0 Å². The highest BCUT2D eigenvalue weighted by Gasteiger charge is 2.21. The van der Waals surface area contributed by atoms with E-state index in [-0.39, 0.29) is 0 Å². The molecule has 118 valence electrons. The van der Waals surface area contributed by atoms with Gasteiger partial charge in [0.1, 0.15) is 0 Å². The fourth-order valence-corrected chi connectivity index (χ4v) is 3.40. The zero-order valence-electron chi connectivity index (χ0n) is 14.1. The van der Waals surface area contributed by atoms with Gasteiger partial charge in [-0.25, -0.2) is 0 Å². The summed E-state index contributed by atoms with van der Waals surface area (Å²) >= 11 is 0. The van der Waals surface area contributed by atoms with Crippen molar-refractivity contribution in [1.29, 1.82) is 0 Å². The minimum absolute atomic E-state index is 0.470. The first kappa shape index (κ1) is 16.5. The maximum absolute atomic E-state index is 3.49. The van der Waals surface area contributed by atoms with Gasteiger partial charge in [-0.05, 0) is 78.1 Å². The highest BCUT2D eigenvalue weighted by Crippen LogP contribution is 2.22. The number of likely N-dealkylation sites (tertiary alicyclic amines) is 1. The van der Waals surface area contributed by atoms with E-state index in [9.17, 15) is 0 Å². The molecule has 1 aromatic rings. The molecule has 0 spiro atoms. The second-order valence-corrected chi connectivity index (χ2v) is 6.52. The zero-order valence-corrected chi connectivity index (χ0v) is 14.1. The molecule has 1 fully saturated rings. The van der Waals surface area contributed by atoms with Crippen LogP contribution in [0.25, 0.3) is 0 Å². The molecule has 0 amide bonds. The lowest BCUT2D eigenvalue weighted by atomic mass is 9.98. The molecule has 1 saturated heterocycles. The number of hydrogen-bond donors (Lipinski definition) is 1. The van der Waals surface area contributed by atoms with Gasteiger partial charge in [0.05, 0.1) is 0 Å². The normalized spacial score (nSPS) is 19.1. The number of benzene rings is 1. The molecule has 1 unspecified atom stereocenters. The Bertz CT molecular complexity index is 422. The molecule has 1 atom stereocenters. The summed E-state index contributed by atoms with van der Waals surface area (Å²) in [5.41, 5.74) is 2.84. The third kappa shape index (κ3) is 4.53. The van der Waals surface area contributed by atoms with Crippen LogP contribution in [-0.4, -0.2) is 56.6 Å². The minimum Gasteiger partial charge on any atom is -0.313 e. The average Bonchev–Trinajstić information content (AvgIpc) is 2.50. The quantitative estimate of drug-likeness (QED) is 0.868. The molecule has 0 aromatic heterocycles. The molecule has 3 nitrogen and oxygen atoms in total. The van der Waals surface area contributed by atoms with Gasteiger partial charge in [0.2, 0.25) is 0 Å². The van der Waals surface area contributed by atoms with Crippen molar-refractivity contribution in [1.82, 2.24) is 15.1 Å². The zero-order chi connectivity index (χ0) is 15.2. The van der Waals surface area contributed by atoms with Crippen LogP contribution in [0.3, 0.4) is 0 Å². The number of hydrogen-bond acceptors (Lipinski definition) is 3. The van der Waals surface area contributed by atoms with Crippen molar-refractivity contribution >= 4 is 0 Å². The molecule has 0 bridgehead atoms. The number of nitrogens with one attached hydrogen (secondary N) is 1. The molecule has 3 heteroatoms. The van der Waals surface area contributed by atoms with Gasteiger partial charge >= 0.3 is 0 Å². The van der Waals surface area contributed by atoms with Crippen LogP contribution in [0.15, 0.2) is 24.3 Å². The van der Waals surface area contributed by atoms with Crippen LogP contribution in [0.2, 0.25) is 0 Å². The first-order valence-electron chi connectivity index (χ1n) is 8.23. The van der Waals surface area contributed by atoms with E-state index in [2.05, 4.69) is 67.4 Å². The van der Waals surface area contributed by atoms with Crippen LogP contribution in [0, 0.1) is 6.92 Å². The summed E-state index contributed by atoms with van der Waals surface area (Å²) < 4.78 is 0. The van der Waals surface area contributed by atoms with Crippen LogP contribution >= 0.6 is 0 Å².